The molecule has 39 heavy (non-hydrogen) atoms. The first-order valence-corrected chi connectivity index (χ1v) is 15.9. The van der Waals surface area contributed by atoms with Crippen molar-refractivity contribution in [1.29, 1.82) is 0 Å². The van der Waals surface area contributed by atoms with E-state index in [0.717, 1.165) is 44.3 Å². The summed E-state index contributed by atoms with van der Waals surface area (Å²) in [6.07, 6.45) is 18.7. The maximum Gasteiger partial charge on any atom is 0.119 e. The predicted molar refractivity (Wildman–Crippen MR) is 173 cm³/mol. The molecule has 0 spiro atoms. The number of aliphatic hydroxyl groups excluding tert-OH is 1. The number of rotatable bonds is 20. The lowest BCUT2D eigenvalue weighted by Crippen LogP contribution is -2.21. The molecule has 3 nitrogen and oxygen atoms in total. The molecule has 0 aliphatic carbocycles. The zero-order chi connectivity index (χ0) is 28.3. The van der Waals surface area contributed by atoms with Crippen molar-refractivity contribution < 1.29 is 9.84 Å². The van der Waals surface area contributed by atoms with Crippen LogP contribution in [0.5, 0.6) is 5.75 Å². The van der Waals surface area contributed by atoms with Crippen LogP contribution in [0.3, 0.4) is 0 Å². The lowest BCUT2D eigenvalue weighted by atomic mass is 10.1. The highest BCUT2D eigenvalue weighted by atomic mass is 31.2. The molecule has 0 bridgehead atoms. The topological polar surface area (TPSA) is 32.7 Å². The molecule has 0 aromatic heterocycles. The average Bonchev–Trinajstić information content (AvgIpc) is 2.96. The van der Waals surface area contributed by atoms with Crippen molar-refractivity contribution in [2.45, 2.75) is 38.6 Å². The molecule has 208 valence electrons. The fraction of sp³-hybridized carbons (Fsp3) is 0.314. The van der Waals surface area contributed by atoms with Gasteiger partial charge in [-0.3, -0.25) is 4.90 Å². The van der Waals surface area contributed by atoms with Gasteiger partial charge in [0, 0.05) is 13.1 Å². The van der Waals surface area contributed by atoms with Crippen molar-refractivity contribution >= 4 is 12.6 Å². The Bertz CT molecular complexity index is 1060. The Balaban J connectivity index is 1.93. The van der Waals surface area contributed by atoms with E-state index in [1.807, 2.05) is 43.5 Å². The summed E-state index contributed by atoms with van der Waals surface area (Å²) in [5, 5.41) is 12.9. The first-order chi connectivity index (χ1) is 19.0. The number of aliphatic hydroxyl groups is 1. The maximum absolute atomic E-state index is 9.06. The van der Waals surface area contributed by atoms with Gasteiger partial charge < -0.3 is 9.84 Å². The summed E-state index contributed by atoms with van der Waals surface area (Å²) in [5.41, 5.74) is 1.22. The van der Waals surface area contributed by atoms with Crippen molar-refractivity contribution in [3.05, 3.63) is 134 Å². The fourth-order valence-corrected chi connectivity index (χ4v) is 9.28. The zero-order valence-corrected chi connectivity index (χ0v) is 24.7. The SMILES string of the molecule is C=C/C=C(\C=C)[P+](CCCCCCCOc1ccc(CN(C)CCO)cc1)(/C(C=C)=C/C=C)c1ccccc1. The molecule has 1 N–H and O–H groups in total. The van der Waals surface area contributed by atoms with E-state index in [1.54, 1.807) is 0 Å². The van der Waals surface area contributed by atoms with Gasteiger partial charge in [-0.05, 0) is 80.4 Å². The molecule has 0 atom stereocenters. The molecular formula is C35H47NO2P+. The van der Waals surface area contributed by atoms with Gasteiger partial charge in [-0.1, -0.05) is 81.6 Å². The highest BCUT2D eigenvalue weighted by Gasteiger charge is 2.45. The summed E-state index contributed by atoms with van der Waals surface area (Å²) in [4.78, 5) is 2.10. The van der Waals surface area contributed by atoms with Gasteiger partial charge >= 0.3 is 0 Å². The van der Waals surface area contributed by atoms with Gasteiger partial charge in [-0.15, -0.1) is 0 Å². The Hall–Kier alpha value is -2.97. The van der Waals surface area contributed by atoms with Crippen molar-refractivity contribution in [3.63, 3.8) is 0 Å². The molecule has 0 saturated heterocycles. The molecule has 0 aliphatic rings. The normalized spacial score (nSPS) is 13.5. The van der Waals surface area contributed by atoms with Gasteiger partial charge in [-0.25, -0.2) is 0 Å². The summed E-state index contributed by atoms with van der Waals surface area (Å²) in [7, 11) is 0.0936. The van der Waals surface area contributed by atoms with Crippen molar-refractivity contribution in [2.75, 3.05) is 33.0 Å². The van der Waals surface area contributed by atoms with Crippen molar-refractivity contribution in [3.8, 4) is 5.75 Å². The Kier molecular flexibility index (Phi) is 15.2. The molecule has 0 radical (unpaired) electrons. The number of allylic oxidation sites excluding steroid dienone is 8. The minimum Gasteiger partial charge on any atom is -0.494 e. The number of likely N-dealkylation sites (N-methyl/N-ethyl adjacent to an activating group) is 1. The molecule has 0 amide bonds. The average molecular weight is 545 g/mol. The van der Waals surface area contributed by atoms with Crippen LogP contribution in [0.2, 0.25) is 0 Å². The smallest absolute Gasteiger partial charge is 0.119 e. The van der Waals surface area contributed by atoms with Crippen LogP contribution in [0.4, 0.5) is 0 Å². The molecule has 2 rings (SSSR count). The Morgan fingerprint density at radius 1 is 0.821 bits per heavy atom. The zero-order valence-electron chi connectivity index (χ0n) is 23.8. The Morgan fingerprint density at radius 3 is 1.97 bits per heavy atom. The number of ether oxygens (including phenoxy) is 1. The standard InChI is InChI=1S/C35H47NO2P/c1-6-18-33(8-3)39(34(9-4)19-7-2,35-20-14-13-15-21-35)29-17-12-10-11-16-28-38-32-24-22-31(23-25-32)30-36(5)26-27-37/h6-9,13-15,18-25,37H,1-4,10-12,16-17,26-30H2,5H3/q+1/b33-18+,34-19+. The Labute approximate surface area is 237 Å². The molecule has 2 aromatic carbocycles. The summed E-state index contributed by atoms with van der Waals surface area (Å²) in [5.74, 6) is 0.915. The predicted octanol–water partition coefficient (Wildman–Crippen LogP) is 8.29. The monoisotopic (exact) mass is 544 g/mol. The Morgan fingerprint density at radius 2 is 1.41 bits per heavy atom. The quantitative estimate of drug-likeness (QED) is 0.103. The summed E-state index contributed by atoms with van der Waals surface area (Å²) in [6, 6.07) is 19.1. The molecular weight excluding hydrogens is 497 g/mol. The van der Waals surface area contributed by atoms with Crippen LogP contribution in [0.1, 0.15) is 37.7 Å². The van der Waals surface area contributed by atoms with Crippen molar-refractivity contribution in [1.82, 2.24) is 4.90 Å². The summed E-state index contributed by atoms with van der Waals surface area (Å²) in [6.45, 7) is 18.7. The van der Waals surface area contributed by atoms with E-state index in [0.29, 0.717) is 6.54 Å². The third-order valence-corrected chi connectivity index (χ3v) is 11.4. The van der Waals surface area contributed by atoms with Gasteiger partial charge in [0.25, 0.3) is 0 Å². The molecule has 2 aromatic rings. The van der Waals surface area contributed by atoms with E-state index in [-0.39, 0.29) is 6.61 Å². The number of nitrogens with zero attached hydrogens (tertiary/aromatic N) is 1. The van der Waals surface area contributed by atoms with E-state index >= 15 is 0 Å². The molecule has 0 unspecified atom stereocenters. The van der Waals surface area contributed by atoms with Crippen LogP contribution in [0.25, 0.3) is 0 Å². The number of hydrogen-bond donors (Lipinski definition) is 1. The van der Waals surface area contributed by atoms with Crippen LogP contribution in [0.15, 0.2) is 128 Å². The van der Waals surface area contributed by atoms with Gasteiger partial charge in [0.2, 0.25) is 0 Å². The number of hydrogen-bond acceptors (Lipinski definition) is 3. The minimum absolute atomic E-state index is 0.178. The second-order valence-electron chi connectivity index (χ2n) is 9.65. The molecule has 0 saturated carbocycles. The first kappa shape index (κ1) is 32.2. The van der Waals surface area contributed by atoms with Gasteiger partial charge in [-0.2, -0.15) is 0 Å². The highest BCUT2D eigenvalue weighted by molar-refractivity contribution is 7.90. The van der Waals surface area contributed by atoms with Crippen LogP contribution < -0.4 is 10.0 Å². The van der Waals surface area contributed by atoms with E-state index in [2.05, 4.69) is 85.8 Å². The number of unbranched alkanes of at least 4 members (excludes halogenated alkanes) is 4. The minimum atomic E-state index is -1.92. The second-order valence-corrected chi connectivity index (χ2v) is 13.3. The molecule has 4 heteroatoms. The summed E-state index contributed by atoms with van der Waals surface area (Å²) >= 11 is 0. The molecule has 0 aliphatic heterocycles. The number of benzene rings is 2. The molecule has 0 fully saturated rings. The second kappa shape index (κ2) is 18.3. The van der Waals surface area contributed by atoms with Crippen LogP contribution in [0, 0.1) is 0 Å². The van der Waals surface area contributed by atoms with E-state index in [9.17, 15) is 0 Å². The summed E-state index contributed by atoms with van der Waals surface area (Å²) < 4.78 is 5.97. The highest BCUT2D eigenvalue weighted by Crippen LogP contribution is 2.71. The van der Waals surface area contributed by atoms with Gasteiger partial charge in [0.1, 0.15) is 28.9 Å². The van der Waals surface area contributed by atoms with Crippen LogP contribution >= 0.6 is 7.26 Å². The largest absolute Gasteiger partial charge is 0.494 e. The lowest BCUT2D eigenvalue weighted by molar-refractivity contribution is 0.217. The third kappa shape index (κ3) is 9.93. The molecule has 0 heterocycles. The van der Waals surface area contributed by atoms with E-state index < -0.39 is 7.26 Å². The van der Waals surface area contributed by atoms with Crippen molar-refractivity contribution in [2.24, 2.45) is 0 Å². The van der Waals surface area contributed by atoms with Crippen LogP contribution in [-0.4, -0.2) is 43.0 Å². The van der Waals surface area contributed by atoms with E-state index in [1.165, 1.54) is 34.3 Å². The lowest BCUT2D eigenvalue weighted by Gasteiger charge is -2.29. The maximum atomic E-state index is 9.06. The van der Waals surface area contributed by atoms with Gasteiger partial charge in [0.05, 0.1) is 19.4 Å². The third-order valence-electron chi connectivity index (χ3n) is 6.84. The van der Waals surface area contributed by atoms with Gasteiger partial charge in [0.15, 0.2) is 0 Å². The van der Waals surface area contributed by atoms with Crippen LogP contribution in [-0.2, 0) is 6.54 Å². The first-order valence-electron chi connectivity index (χ1n) is 13.9. The van der Waals surface area contributed by atoms with E-state index in [4.69, 9.17) is 9.84 Å². The fourth-order valence-electron chi connectivity index (χ4n) is 4.88.